The van der Waals surface area contributed by atoms with E-state index in [1.807, 2.05) is 37.5 Å². The van der Waals surface area contributed by atoms with Gasteiger partial charge in [-0.2, -0.15) is 0 Å². The number of aliphatic imine (C=N–C) groups is 1. The van der Waals surface area contributed by atoms with E-state index >= 15 is 0 Å². The summed E-state index contributed by atoms with van der Waals surface area (Å²) in [7, 11) is 0. The van der Waals surface area contributed by atoms with Gasteiger partial charge in [-0.1, -0.05) is 99.0 Å². The largest absolute Gasteiger partial charge is 0.264 e. The summed E-state index contributed by atoms with van der Waals surface area (Å²) in [6.45, 7) is 16.7. The first-order valence-corrected chi connectivity index (χ1v) is 14.6. The van der Waals surface area contributed by atoms with E-state index in [0.717, 1.165) is 40.1 Å². The summed E-state index contributed by atoms with van der Waals surface area (Å²) < 4.78 is 0. The normalized spacial score (nSPS) is 14.4. The Morgan fingerprint density at radius 1 is 0.929 bits per heavy atom. The molecule has 0 fully saturated rings. The molecule has 0 aliphatic carbocycles. The second-order valence-electron chi connectivity index (χ2n) is 10.6. The van der Waals surface area contributed by atoms with Gasteiger partial charge in [-0.05, 0) is 100 Å². The molecule has 1 aliphatic heterocycles. The van der Waals surface area contributed by atoms with Crippen LogP contribution >= 0.6 is 0 Å². The molecule has 2 nitrogen and oxygen atoms in total. The van der Waals surface area contributed by atoms with Crippen molar-refractivity contribution in [2.24, 2.45) is 4.99 Å². The predicted molar refractivity (Wildman–Crippen MR) is 184 cm³/mol. The summed E-state index contributed by atoms with van der Waals surface area (Å²) >= 11 is 0. The van der Waals surface area contributed by atoms with Crippen LogP contribution in [-0.2, 0) is 6.42 Å². The van der Waals surface area contributed by atoms with Crippen molar-refractivity contribution in [1.29, 1.82) is 0 Å². The van der Waals surface area contributed by atoms with Gasteiger partial charge < -0.3 is 0 Å². The van der Waals surface area contributed by atoms with Crippen LogP contribution in [0.5, 0.6) is 0 Å². The SMILES string of the molecule is C=C/C(=C\C)C1=Nc2c(cc(-c3cc4ccccc4c(C=C)c3/C=C\C)cc2C(/C=C\C(C)c2cccnc2)=C/C)C1. The van der Waals surface area contributed by atoms with Crippen molar-refractivity contribution >= 4 is 39.9 Å². The van der Waals surface area contributed by atoms with Crippen molar-refractivity contribution in [3.8, 4) is 11.1 Å². The van der Waals surface area contributed by atoms with Crippen LogP contribution < -0.4 is 0 Å². The monoisotopic (exact) mass is 546 g/mol. The van der Waals surface area contributed by atoms with Gasteiger partial charge >= 0.3 is 0 Å². The Bertz CT molecular complexity index is 1810. The van der Waals surface area contributed by atoms with Crippen LogP contribution in [0, 0.1) is 0 Å². The molecule has 0 spiro atoms. The van der Waals surface area contributed by atoms with Gasteiger partial charge in [-0.25, -0.2) is 0 Å². The zero-order valence-electron chi connectivity index (χ0n) is 25.1. The highest BCUT2D eigenvalue weighted by Crippen LogP contribution is 2.43. The number of hydrogen-bond acceptors (Lipinski definition) is 2. The van der Waals surface area contributed by atoms with Gasteiger partial charge in [-0.3, -0.25) is 9.98 Å². The smallest absolute Gasteiger partial charge is 0.0747 e. The molecule has 0 amide bonds. The highest BCUT2D eigenvalue weighted by Gasteiger charge is 2.23. The Kier molecular flexibility index (Phi) is 8.74. The molecule has 1 unspecified atom stereocenters. The van der Waals surface area contributed by atoms with E-state index < -0.39 is 0 Å². The van der Waals surface area contributed by atoms with Crippen LogP contribution in [0.4, 0.5) is 5.69 Å². The minimum Gasteiger partial charge on any atom is -0.264 e. The molecule has 0 saturated heterocycles. The summed E-state index contributed by atoms with van der Waals surface area (Å²) in [5, 5.41) is 2.41. The number of hydrogen-bond donors (Lipinski definition) is 0. The third-order valence-electron chi connectivity index (χ3n) is 8.03. The number of allylic oxidation sites excluding steroid dienone is 8. The average Bonchev–Trinajstić information content (AvgIpc) is 3.46. The van der Waals surface area contributed by atoms with E-state index in [4.69, 9.17) is 4.99 Å². The second kappa shape index (κ2) is 12.8. The molecule has 5 rings (SSSR count). The van der Waals surface area contributed by atoms with Crippen molar-refractivity contribution in [3.63, 3.8) is 0 Å². The first-order valence-electron chi connectivity index (χ1n) is 14.6. The Morgan fingerprint density at radius 2 is 1.74 bits per heavy atom. The lowest BCUT2D eigenvalue weighted by molar-refractivity contribution is 0.954. The van der Waals surface area contributed by atoms with Crippen LogP contribution in [0.25, 0.3) is 39.6 Å². The molecular formula is C40H38N2. The van der Waals surface area contributed by atoms with Gasteiger partial charge in [0.15, 0.2) is 0 Å². The van der Waals surface area contributed by atoms with Gasteiger partial charge in [-0.15, -0.1) is 0 Å². The molecule has 1 aliphatic rings. The summed E-state index contributed by atoms with van der Waals surface area (Å²) in [4.78, 5) is 9.50. The number of fused-ring (bicyclic) bond motifs is 2. The second-order valence-corrected chi connectivity index (χ2v) is 10.6. The van der Waals surface area contributed by atoms with Crippen molar-refractivity contribution in [2.75, 3.05) is 0 Å². The first-order chi connectivity index (χ1) is 20.5. The lowest BCUT2D eigenvalue weighted by atomic mass is 9.87. The fourth-order valence-corrected chi connectivity index (χ4v) is 5.80. The summed E-state index contributed by atoms with van der Waals surface area (Å²) in [5.74, 6) is 0.233. The predicted octanol–water partition coefficient (Wildman–Crippen LogP) is 11.1. The molecule has 1 atom stereocenters. The maximum atomic E-state index is 5.19. The maximum absolute atomic E-state index is 5.19. The highest BCUT2D eigenvalue weighted by molar-refractivity contribution is 6.10. The van der Waals surface area contributed by atoms with E-state index in [0.29, 0.717) is 0 Å². The fourth-order valence-electron chi connectivity index (χ4n) is 5.80. The molecular weight excluding hydrogens is 508 g/mol. The van der Waals surface area contributed by atoms with Gasteiger partial charge in [0.1, 0.15) is 0 Å². The van der Waals surface area contributed by atoms with Crippen molar-refractivity contribution < 1.29 is 0 Å². The van der Waals surface area contributed by atoms with Crippen LogP contribution in [0.2, 0.25) is 0 Å². The molecule has 0 radical (unpaired) electrons. The number of benzene rings is 3. The van der Waals surface area contributed by atoms with E-state index in [-0.39, 0.29) is 5.92 Å². The van der Waals surface area contributed by atoms with Crippen LogP contribution in [-0.4, -0.2) is 10.7 Å². The molecule has 1 aromatic heterocycles. The third-order valence-corrected chi connectivity index (χ3v) is 8.03. The van der Waals surface area contributed by atoms with E-state index in [1.54, 1.807) is 0 Å². The molecule has 0 bridgehead atoms. The van der Waals surface area contributed by atoms with Gasteiger partial charge in [0, 0.05) is 30.3 Å². The van der Waals surface area contributed by atoms with E-state index in [1.165, 1.54) is 38.6 Å². The molecule has 2 heteroatoms. The Morgan fingerprint density at radius 3 is 2.43 bits per heavy atom. The first kappa shape index (κ1) is 28.7. The topological polar surface area (TPSA) is 25.2 Å². The lowest BCUT2D eigenvalue weighted by Gasteiger charge is -2.17. The highest BCUT2D eigenvalue weighted by atomic mass is 14.8. The lowest BCUT2D eigenvalue weighted by Crippen LogP contribution is -2.00. The molecule has 208 valence electrons. The fraction of sp³-hybridized carbons (Fsp3) is 0.150. The molecule has 3 aromatic carbocycles. The van der Waals surface area contributed by atoms with E-state index in [2.05, 4.69) is 124 Å². The standard InChI is InChI=1S/C40H38N2/c1-7-15-36-34(11-5)35-18-13-12-16-30(35)23-37(36)32-22-33-25-39(28(8-2)9-3)42-40(33)38(24-32)29(10-4)20-19-27(6)31-17-14-21-41-26-31/h7-24,26-27H,2,5,25H2,1,3-4,6H3/b15-7-,20-19-,28-9+,29-10+. The third kappa shape index (κ3) is 5.53. The van der Waals surface area contributed by atoms with Crippen molar-refractivity contribution in [1.82, 2.24) is 4.98 Å². The van der Waals surface area contributed by atoms with Gasteiger partial charge in [0.2, 0.25) is 0 Å². The van der Waals surface area contributed by atoms with Crippen LogP contribution in [0.3, 0.4) is 0 Å². The molecule has 0 N–H and O–H groups in total. The Balaban J connectivity index is 1.72. The zero-order chi connectivity index (χ0) is 29.6. The molecule has 42 heavy (non-hydrogen) atoms. The molecule has 4 aromatic rings. The van der Waals surface area contributed by atoms with Crippen molar-refractivity contribution in [3.05, 3.63) is 150 Å². The van der Waals surface area contributed by atoms with Gasteiger partial charge in [0.25, 0.3) is 0 Å². The number of nitrogens with zero attached hydrogens (tertiary/aromatic N) is 2. The quantitative estimate of drug-likeness (QED) is 0.192. The average molecular weight is 547 g/mol. The van der Waals surface area contributed by atoms with Crippen LogP contribution in [0.1, 0.15) is 61.4 Å². The van der Waals surface area contributed by atoms with Crippen LogP contribution in [0.15, 0.2) is 127 Å². The Labute approximate surface area is 250 Å². The summed E-state index contributed by atoms with van der Waals surface area (Å²) in [6, 6.07) is 19.6. The summed E-state index contributed by atoms with van der Waals surface area (Å²) in [5.41, 5.74) is 12.6. The van der Waals surface area contributed by atoms with E-state index in [9.17, 15) is 0 Å². The molecule has 0 saturated carbocycles. The summed E-state index contributed by atoms with van der Waals surface area (Å²) in [6.07, 6.45) is 21.5. The Hall–Kier alpha value is -4.82. The number of aromatic nitrogens is 1. The van der Waals surface area contributed by atoms with Crippen molar-refractivity contribution in [2.45, 2.75) is 40.0 Å². The van der Waals surface area contributed by atoms with Gasteiger partial charge in [0.05, 0.1) is 11.4 Å². The number of pyridine rings is 1. The molecule has 2 heterocycles. The minimum atomic E-state index is 0.233. The maximum Gasteiger partial charge on any atom is 0.0747 e. The minimum absolute atomic E-state index is 0.233. The number of rotatable bonds is 9. The zero-order valence-corrected chi connectivity index (χ0v) is 25.1.